The van der Waals surface area contributed by atoms with Crippen molar-refractivity contribution in [3.8, 4) is 0 Å². The van der Waals surface area contributed by atoms with Gasteiger partial charge in [0.1, 0.15) is 5.82 Å². The second-order valence-corrected chi connectivity index (χ2v) is 5.23. The van der Waals surface area contributed by atoms with Crippen LogP contribution in [0.3, 0.4) is 0 Å². The molecule has 1 aliphatic rings. The van der Waals surface area contributed by atoms with Crippen molar-refractivity contribution in [2.75, 3.05) is 5.75 Å². The van der Waals surface area contributed by atoms with Crippen LogP contribution < -0.4 is 0 Å². The van der Waals surface area contributed by atoms with Crippen molar-refractivity contribution < 1.29 is 0 Å². The average Bonchev–Trinajstić information content (AvgIpc) is 2.79. The first kappa shape index (κ1) is 10.3. The van der Waals surface area contributed by atoms with Gasteiger partial charge in [0.2, 0.25) is 5.28 Å². The fourth-order valence-electron chi connectivity index (χ4n) is 1.75. The number of hydrogen-bond donors (Lipinski definition) is 0. The van der Waals surface area contributed by atoms with Gasteiger partial charge in [0, 0.05) is 18.2 Å². The zero-order valence-electron chi connectivity index (χ0n) is 8.24. The van der Waals surface area contributed by atoms with Crippen LogP contribution in [0, 0.1) is 0 Å². The molecule has 0 saturated carbocycles. The highest BCUT2D eigenvalue weighted by atomic mass is 35.5. The van der Waals surface area contributed by atoms with Crippen LogP contribution in [0.2, 0.25) is 5.28 Å². The Morgan fingerprint density at radius 3 is 3.07 bits per heavy atom. The van der Waals surface area contributed by atoms with E-state index in [4.69, 9.17) is 11.6 Å². The van der Waals surface area contributed by atoms with E-state index in [-0.39, 0.29) is 0 Å². The van der Waals surface area contributed by atoms with Gasteiger partial charge in [-0.05, 0) is 30.2 Å². The molecule has 1 atom stereocenters. The van der Waals surface area contributed by atoms with Crippen LogP contribution in [0.4, 0.5) is 0 Å². The van der Waals surface area contributed by atoms with Gasteiger partial charge in [0.15, 0.2) is 0 Å². The van der Waals surface area contributed by atoms with Crippen LogP contribution in [0.5, 0.6) is 0 Å². The van der Waals surface area contributed by atoms with Crippen LogP contribution in [0.1, 0.15) is 25.6 Å². The maximum atomic E-state index is 5.98. The van der Waals surface area contributed by atoms with Gasteiger partial charge in [0.25, 0.3) is 0 Å². The quantitative estimate of drug-likeness (QED) is 0.801. The standard InChI is InChI=1S/C9H14ClN3S/c1-2-8-11-12-9(10)13(8)6-7-4-3-5-14-7/h7H,2-6H2,1H3. The summed E-state index contributed by atoms with van der Waals surface area (Å²) in [5.74, 6) is 2.29. The van der Waals surface area contributed by atoms with Crippen LogP contribution in [0.15, 0.2) is 0 Å². The fourth-order valence-corrected chi connectivity index (χ4v) is 3.21. The summed E-state index contributed by atoms with van der Waals surface area (Å²) < 4.78 is 2.05. The predicted molar refractivity (Wildman–Crippen MR) is 59.9 cm³/mol. The van der Waals surface area contributed by atoms with Crippen molar-refractivity contribution >= 4 is 23.4 Å². The Labute approximate surface area is 93.2 Å². The first-order valence-electron chi connectivity index (χ1n) is 5.00. The van der Waals surface area contributed by atoms with Gasteiger partial charge in [-0.2, -0.15) is 11.8 Å². The zero-order chi connectivity index (χ0) is 9.97. The highest BCUT2D eigenvalue weighted by molar-refractivity contribution is 8.00. The van der Waals surface area contributed by atoms with Crippen molar-refractivity contribution in [3.05, 3.63) is 11.1 Å². The molecule has 2 heterocycles. The average molecular weight is 232 g/mol. The van der Waals surface area contributed by atoms with Gasteiger partial charge in [-0.3, -0.25) is 0 Å². The molecule has 0 spiro atoms. The molecule has 0 aliphatic carbocycles. The monoisotopic (exact) mass is 231 g/mol. The molecule has 1 unspecified atom stereocenters. The van der Waals surface area contributed by atoms with Crippen molar-refractivity contribution in [3.63, 3.8) is 0 Å². The number of aromatic nitrogens is 3. The third kappa shape index (κ3) is 2.06. The molecule has 2 rings (SSSR count). The van der Waals surface area contributed by atoms with Crippen molar-refractivity contribution in [1.29, 1.82) is 0 Å². The van der Waals surface area contributed by atoms with Crippen LogP contribution in [-0.2, 0) is 13.0 Å². The Bertz CT molecular complexity index is 307. The number of halogens is 1. The summed E-state index contributed by atoms with van der Waals surface area (Å²) in [5.41, 5.74) is 0. The molecular formula is C9H14ClN3S. The lowest BCUT2D eigenvalue weighted by molar-refractivity contribution is 0.613. The zero-order valence-corrected chi connectivity index (χ0v) is 9.81. The normalized spacial score (nSPS) is 21.7. The molecule has 3 nitrogen and oxygen atoms in total. The summed E-state index contributed by atoms with van der Waals surface area (Å²) in [6, 6.07) is 0. The van der Waals surface area contributed by atoms with E-state index in [9.17, 15) is 0 Å². The van der Waals surface area contributed by atoms with E-state index in [1.165, 1.54) is 18.6 Å². The highest BCUT2D eigenvalue weighted by Gasteiger charge is 2.19. The van der Waals surface area contributed by atoms with E-state index >= 15 is 0 Å². The van der Waals surface area contributed by atoms with Gasteiger partial charge in [-0.15, -0.1) is 10.2 Å². The molecule has 1 aliphatic heterocycles. The highest BCUT2D eigenvalue weighted by Crippen LogP contribution is 2.28. The van der Waals surface area contributed by atoms with Crippen molar-refractivity contribution in [2.45, 2.75) is 38.0 Å². The first-order valence-corrected chi connectivity index (χ1v) is 6.43. The molecule has 0 aromatic carbocycles. The van der Waals surface area contributed by atoms with E-state index in [0.29, 0.717) is 10.5 Å². The maximum Gasteiger partial charge on any atom is 0.225 e. The Balaban J connectivity index is 2.09. The summed E-state index contributed by atoms with van der Waals surface area (Å²) in [5, 5.41) is 9.19. The lowest BCUT2D eigenvalue weighted by Gasteiger charge is -2.11. The van der Waals surface area contributed by atoms with E-state index < -0.39 is 0 Å². The maximum absolute atomic E-state index is 5.98. The smallest absolute Gasteiger partial charge is 0.225 e. The van der Waals surface area contributed by atoms with Gasteiger partial charge in [-0.25, -0.2) is 0 Å². The SMILES string of the molecule is CCc1nnc(Cl)n1CC1CCCS1. The summed E-state index contributed by atoms with van der Waals surface area (Å²) >= 11 is 8.02. The van der Waals surface area contributed by atoms with Crippen molar-refractivity contribution in [1.82, 2.24) is 14.8 Å². The molecule has 5 heteroatoms. The molecule has 0 radical (unpaired) electrons. The second kappa shape index (κ2) is 4.53. The van der Waals surface area contributed by atoms with Crippen LogP contribution in [-0.4, -0.2) is 25.8 Å². The molecule has 1 aromatic heterocycles. The molecule has 14 heavy (non-hydrogen) atoms. The van der Waals surface area contributed by atoms with Gasteiger partial charge < -0.3 is 4.57 Å². The minimum Gasteiger partial charge on any atom is -0.301 e. The van der Waals surface area contributed by atoms with Crippen molar-refractivity contribution in [2.24, 2.45) is 0 Å². The molecule has 0 N–H and O–H groups in total. The molecule has 1 fully saturated rings. The summed E-state index contributed by atoms with van der Waals surface area (Å²) in [6.45, 7) is 3.05. The topological polar surface area (TPSA) is 30.7 Å². The predicted octanol–water partition coefficient (Wildman–Crippen LogP) is 2.39. The Morgan fingerprint density at radius 1 is 1.57 bits per heavy atom. The summed E-state index contributed by atoms with van der Waals surface area (Å²) in [4.78, 5) is 0. The molecular weight excluding hydrogens is 218 g/mol. The minimum atomic E-state index is 0.536. The third-order valence-electron chi connectivity index (χ3n) is 2.51. The van der Waals surface area contributed by atoms with E-state index in [2.05, 4.69) is 17.1 Å². The number of nitrogens with zero attached hydrogens (tertiary/aromatic N) is 3. The summed E-state index contributed by atoms with van der Waals surface area (Å²) in [6.07, 6.45) is 3.52. The van der Waals surface area contributed by atoms with Gasteiger partial charge in [-0.1, -0.05) is 6.92 Å². The van der Waals surface area contributed by atoms with E-state index in [1.54, 1.807) is 0 Å². The van der Waals surface area contributed by atoms with Gasteiger partial charge >= 0.3 is 0 Å². The lowest BCUT2D eigenvalue weighted by Crippen LogP contribution is -2.12. The van der Waals surface area contributed by atoms with Gasteiger partial charge in [0.05, 0.1) is 0 Å². The fraction of sp³-hybridized carbons (Fsp3) is 0.778. The van der Waals surface area contributed by atoms with E-state index in [1.807, 2.05) is 16.3 Å². The largest absolute Gasteiger partial charge is 0.301 e. The molecule has 1 aromatic rings. The van der Waals surface area contributed by atoms with Crippen LogP contribution >= 0.6 is 23.4 Å². The number of hydrogen-bond acceptors (Lipinski definition) is 3. The summed E-state index contributed by atoms with van der Waals surface area (Å²) in [7, 11) is 0. The van der Waals surface area contributed by atoms with E-state index in [0.717, 1.165) is 18.8 Å². The Hall–Kier alpha value is -0.220. The minimum absolute atomic E-state index is 0.536. The first-order chi connectivity index (χ1) is 6.81. The third-order valence-corrected chi connectivity index (χ3v) is 4.17. The lowest BCUT2D eigenvalue weighted by atomic mass is 10.2. The second-order valence-electron chi connectivity index (χ2n) is 3.48. The Morgan fingerprint density at radius 2 is 2.43 bits per heavy atom. The number of thioether (sulfide) groups is 1. The molecule has 0 bridgehead atoms. The molecule has 0 amide bonds. The molecule has 1 saturated heterocycles. The molecule has 78 valence electrons. The Kier molecular flexibility index (Phi) is 3.34. The number of rotatable bonds is 3. The number of aryl methyl sites for hydroxylation is 1. The van der Waals surface area contributed by atoms with Crippen LogP contribution in [0.25, 0.3) is 0 Å².